The molecule has 1 aliphatic heterocycles. The molecule has 1 fully saturated rings. The van der Waals surface area contributed by atoms with Gasteiger partial charge in [-0.15, -0.1) is 0 Å². The molecule has 8 heteroatoms. The minimum absolute atomic E-state index is 0.0627. The van der Waals surface area contributed by atoms with Crippen LogP contribution in [0.2, 0.25) is 10.0 Å². The number of benzene rings is 3. The van der Waals surface area contributed by atoms with E-state index in [1.54, 1.807) is 18.2 Å². The van der Waals surface area contributed by atoms with Crippen molar-refractivity contribution in [3.8, 4) is 17.2 Å². The summed E-state index contributed by atoms with van der Waals surface area (Å²) in [6, 6.07) is 23.9. The molecule has 1 heterocycles. The second-order valence-corrected chi connectivity index (χ2v) is 10.7. The van der Waals surface area contributed by atoms with Gasteiger partial charge in [-0.3, -0.25) is 10.2 Å². The molecule has 0 aromatic heterocycles. The first-order chi connectivity index (χ1) is 18.4. The molecular weight excluding hydrogens is 517 g/mol. The first kappa shape index (κ1) is 28.4. The fourth-order valence-electron chi connectivity index (χ4n) is 5.19. The Hall–Kier alpha value is -2.63. The van der Waals surface area contributed by atoms with Gasteiger partial charge in [0.15, 0.2) is 6.35 Å². The van der Waals surface area contributed by atoms with Gasteiger partial charge in [0.05, 0.1) is 11.6 Å². The number of nitrogens with one attached hydrogen (secondary N) is 2. The van der Waals surface area contributed by atoms with Crippen LogP contribution in [0.4, 0.5) is 5.69 Å². The Labute approximate surface area is 235 Å². The van der Waals surface area contributed by atoms with Crippen molar-refractivity contribution < 1.29 is 5.11 Å². The van der Waals surface area contributed by atoms with E-state index in [4.69, 9.17) is 23.2 Å². The number of nitrogens with zero attached hydrogens (tertiary/aromatic N) is 3. The average Bonchev–Trinajstić information content (AvgIpc) is 2.90. The van der Waals surface area contributed by atoms with Crippen LogP contribution in [0.1, 0.15) is 37.4 Å². The highest BCUT2D eigenvalue weighted by Crippen LogP contribution is 2.29. The maximum absolute atomic E-state index is 10.7. The fraction of sp³-hybridized carbons (Fsp3) is 0.367. The van der Waals surface area contributed by atoms with E-state index in [9.17, 15) is 10.4 Å². The first-order valence-corrected chi connectivity index (χ1v) is 13.8. The van der Waals surface area contributed by atoms with Crippen LogP contribution < -0.4 is 10.6 Å². The van der Waals surface area contributed by atoms with Gasteiger partial charge in [0.25, 0.3) is 0 Å². The van der Waals surface area contributed by atoms with Gasteiger partial charge in [-0.2, -0.15) is 5.26 Å². The molecule has 3 aromatic rings. The molecule has 200 valence electrons. The Morgan fingerprint density at radius 3 is 2.42 bits per heavy atom. The van der Waals surface area contributed by atoms with Crippen LogP contribution in [-0.4, -0.2) is 60.0 Å². The lowest BCUT2D eigenvalue weighted by molar-refractivity contribution is 0.0416. The van der Waals surface area contributed by atoms with Gasteiger partial charge < -0.3 is 15.3 Å². The van der Waals surface area contributed by atoms with Gasteiger partial charge in [0.1, 0.15) is 0 Å². The Bertz CT molecular complexity index is 1230. The van der Waals surface area contributed by atoms with Crippen molar-refractivity contribution in [2.45, 2.75) is 38.7 Å². The Balaban J connectivity index is 1.52. The van der Waals surface area contributed by atoms with E-state index in [0.717, 1.165) is 43.7 Å². The van der Waals surface area contributed by atoms with Crippen molar-refractivity contribution in [3.63, 3.8) is 0 Å². The number of piperazine rings is 1. The molecule has 0 amide bonds. The molecule has 6 nitrogen and oxygen atoms in total. The van der Waals surface area contributed by atoms with Crippen molar-refractivity contribution in [1.29, 1.82) is 5.26 Å². The number of rotatable bonds is 10. The standard InChI is InChI=1S/C30H35Cl2N5O/c1-3-11-36-12-13-37(21(2)20-36)29(19-34-30(38)35-28-16-26(31)15-27(32)17-28)24-9-7-23(8-10-24)25-6-4-5-22(14-25)18-33/h4-10,14-17,21,29-30,34-35,38H,3,11-13,19-20H2,1-2H3/t21-,29?,30+/m0/s1. The Morgan fingerprint density at radius 1 is 1.03 bits per heavy atom. The van der Waals surface area contributed by atoms with E-state index in [0.29, 0.717) is 33.9 Å². The molecule has 1 unspecified atom stereocenters. The number of aliphatic hydroxyl groups excluding tert-OH is 1. The SMILES string of the molecule is CCCN1CCN(C(CN[C@@H](O)Nc2cc(Cl)cc(Cl)c2)c2ccc(-c3cccc(C#N)c3)cc2)[C@@H](C)C1. The lowest BCUT2D eigenvalue weighted by Crippen LogP contribution is -2.55. The highest BCUT2D eigenvalue weighted by Gasteiger charge is 2.30. The number of nitriles is 1. The summed E-state index contributed by atoms with van der Waals surface area (Å²) in [7, 11) is 0. The van der Waals surface area contributed by atoms with E-state index in [1.807, 2.05) is 24.3 Å². The van der Waals surface area contributed by atoms with Crippen LogP contribution in [0.3, 0.4) is 0 Å². The normalized spacial score (nSPS) is 18.1. The minimum Gasteiger partial charge on any atom is -0.361 e. The zero-order valence-corrected chi connectivity index (χ0v) is 23.4. The predicted molar refractivity (Wildman–Crippen MR) is 156 cm³/mol. The molecule has 3 atom stereocenters. The zero-order valence-electron chi connectivity index (χ0n) is 21.9. The van der Waals surface area contributed by atoms with Gasteiger partial charge in [-0.05, 0) is 66.9 Å². The summed E-state index contributed by atoms with van der Waals surface area (Å²) in [5.74, 6) is 0. The third-order valence-corrected chi connectivity index (χ3v) is 7.43. The lowest BCUT2D eigenvalue weighted by Gasteiger charge is -2.44. The average molecular weight is 553 g/mol. The molecule has 1 aliphatic rings. The van der Waals surface area contributed by atoms with Crippen molar-refractivity contribution in [3.05, 3.63) is 87.9 Å². The summed E-state index contributed by atoms with van der Waals surface area (Å²) in [6.45, 7) is 9.15. The third kappa shape index (κ3) is 7.48. The highest BCUT2D eigenvalue weighted by atomic mass is 35.5. The van der Waals surface area contributed by atoms with Crippen LogP contribution in [0.25, 0.3) is 11.1 Å². The number of hydrogen-bond acceptors (Lipinski definition) is 6. The van der Waals surface area contributed by atoms with E-state index >= 15 is 0 Å². The number of anilines is 1. The Morgan fingerprint density at radius 2 is 1.76 bits per heavy atom. The summed E-state index contributed by atoms with van der Waals surface area (Å²) in [5.41, 5.74) is 4.55. The van der Waals surface area contributed by atoms with Gasteiger partial charge in [0.2, 0.25) is 0 Å². The monoisotopic (exact) mass is 551 g/mol. The molecular formula is C30H35Cl2N5O. The minimum atomic E-state index is -0.975. The van der Waals surface area contributed by atoms with E-state index < -0.39 is 6.35 Å². The van der Waals surface area contributed by atoms with Crippen molar-refractivity contribution >= 4 is 28.9 Å². The summed E-state index contributed by atoms with van der Waals surface area (Å²) in [5, 5.41) is 27.3. The predicted octanol–water partition coefficient (Wildman–Crippen LogP) is 5.97. The Kier molecular flexibility index (Phi) is 10.0. The maximum Gasteiger partial charge on any atom is 0.181 e. The van der Waals surface area contributed by atoms with E-state index in [2.05, 4.69) is 64.6 Å². The van der Waals surface area contributed by atoms with Crippen LogP contribution in [-0.2, 0) is 0 Å². The summed E-state index contributed by atoms with van der Waals surface area (Å²) in [4.78, 5) is 5.05. The molecule has 3 N–H and O–H groups in total. The topological polar surface area (TPSA) is 74.6 Å². The van der Waals surface area contributed by atoms with Crippen LogP contribution in [0.5, 0.6) is 0 Å². The molecule has 1 saturated heterocycles. The molecule has 3 aromatic carbocycles. The second-order valence-electron chi connectivity index (χ2n) is 9.83. The second kappa shape index (κ2) is 13.4. The molecule has 38 heavy (non-hydrogen) atoms. The molecule has 0 bridgehead atoms. The van der Waals surface area contributed by atoms with Gasteiger partial charge in [-0.1, -0.05) is 66.5 Å². The van der Waals surface area contributed by atoms with Gasteiger partial charge >= 0.3 is 0 Å². The van der Waals surface area contributed by atoms with Crippen molar-refractivity contribution in [1.82, 2.24) is 15.1 Å². The van der Waals surface area contributed by atoms with Crippen LogP contribution in [0, 0.1) is 11.3 Å². The third-order valence-electron chi connectivity index (χ3n) is 6.99. The molecule has 4 rings (SSSR count). The number of hydrogen-bond donors (Lipinski definition) is 3. The summed E-state index contributed by atoms with van der Waals surface area (Å²) < 4.78 is 0. The first-order valence-electron chi connectivity index (χ1n) is 13.1. The molecule has 0 radical (unpaired) electrons. The lowest BCUT2D eigenvalue weighted by atomic mass is 9.97. The highest BCUT2D eigenvalue weighted by molar-refractivity contribution is 6.35. The largest absolute Gasteiger partial charge is 0.361 e. The zero-order chi connectivity index (χ0) is 27.1. The van der Waals surface area contributed by atoms with Crippen molar-refractivity contribution in [2.24, 2.45) is 0 Å². The quantitative estimate of drug-likeness (QED) is 0.269. The van der Waals surface area contributed by atoms with Crippen molar-refractivity contribution in [2.75, 3.05) is 38.0 Å². The summed E-state index contributed by atoms with van der Waals surface area (Å²) in [6.07, 6.45) is 0.175. The van der Waals surface area contributed by atoms with Crippen LogP contribution in [0.15, 0.2) is 66.7 Å². The molecule has 0 spiro atoms. The van der Waals surface area contributed by atoms with Gasteiger partial charge in [0, 0.05) is 54.0 Å². The molecule has 0 aliphatic carbocycles. The van der Waals surface area contributed by atoms with E-state index in [-0.39, 0.29) is 6.04 Å². The molecule has 0 saturated carbocycles. The smallest absolute Gasteiger partial charge is 0.181 e. The fourth-order valence-corrected chi connectivity index (χ4v) is 5.72. The number of halogens is 2. The van der Waals surface area contributed by atoms with E-state index in [1.165, 1.54) is 5.56 Å². The maximum atomic E-state index is 10.7. The summed E-state index contributed by atoms with van der Waals surface area (Å²) >= 11 is 12.2. The number of aliphatic hydroxyl groups is 1. The van der Waals surface area contributed by atoms with Crippen LogP contribution >= 0.6 is 23.2 Å². The van der Waals surface area contributed by atoms with Gasteiger partial charge in [-0.25, -0.2) is 0 Å².